The number of nitrogens with one attached hydrogen (secondary N) is 1. The fraction of sp³-hybridized carbons (Fsp3) is 0.550. The second kappa shape index (κ2) is 8.35. The Morgan fingerprint density at radius 3 is 2.63 bits per heavy atom. The SMILES string of the molecule is Cc1nc(Nc2ccccn2)sc1C(=O)N1CCN(C2CCCCC2)CC1. The number of rotatable bonds is 4. The number of amides is 1. The Balaban J connectivity index is 1.37. The summed E-state index contributed by atoms with van der Waals surface area (Å²) < 4.78 is 0. The lowest BCUT2D eigenvalue weighted by Gasteiger charge is -2.40. The molecule has 3 heterocycles. The normalized spacial score (nSPS) is 19.2. The Kier molecular flexibility index (Phi) is 5.69. The zero-order valence-corrected chi connectivity index (χ0v) is 16.7. The molecule has 0 spiro atoms. The number of carbonyl (C=O) groups excluding carboxylic acids is 1. The summed E-state index contributed by atoms with van der Waals surface area (Å²) in [4.78, 5) is 27.1. The summed E-state index contributed by atoms with van der Waals surface area (Å²) in [5, 5.41) is 3.91. The van der Waals surface area contributed by atoms with Crippen LogP contribution in [0.5, 0.6) is 0 Å². The molecule has 144 valence electrons. The monoisotopic (exact) mass is 385 g/mol. The molecule has 2 aromatic rings. The van der Waals surface area contributed by atoms with Gasteiger partial charge >= 0.3 is 0 Å². The van der Waals surface area contributed by atoms with Gasteiger partial charge in [0, 0.05) is 38.4 Å². The van der Waals surface area contributed by atoms with E-state index in [4.69, 9.17) is 0 Å². The summed E-state index contributed by atoms with van der Waals surface area (Å²) in [6, 6.07) is 6.42. The quantitative estimate of drug-likeness (QED) is 0.870. The van der Waals surface area contributed by atoms with Gasteiger partial charge in [0.05, 0.1) is 5.69 Å². The predicted octanol–water partition coefficient (Wildman–Crippen LogP) is 3.68. The highest BCUT2D eigenvalue weighted by atomic mass is 32.1. The van der Waals surface area contributed by atoms with E-state index >= 15 is 0 Å². The molecule has 0 bridgehead atoms. The molecule has 0 radical (unpaired) electrons. The third-order valence-corrected chi connectivity index (χ3v) is 6.64. The Morgan fingerprint density at radius 1 is 1.15 bits per heavy atom. The van der Waals surface area contributed by atoms with E-state index in [0.717, 1.165) is 53.7 Å². The third-order valence-electron chi connectivity index (χ3n) is 5.58. The zero-order valence-electron chi connectivity index (χ0n) is 15.9. The molecular formula is C20H27N5OS. The van der Waals surface area contributed by atoms with Crippen LogP contribution in [0.4, 0.5) is 10.9 Å². The Bertz CT molecular complexity index is 764. The highest BCUT2D eigenvalue weighted by molar-refractivity contribution is 7.17. The van der Waals surface area contributed by atoms with Gasteiger partial charge in [-0.2, -0.15) is 0 Å². The van der Waals surface area contributed by atoms with Crippen molar-refractivity contribution >= 4 is 28.2 Å². The first-order valence-electron chi connectivity index (χ1n) is 9.89. The largest absolute Gasteiger partial charge is 0.335 e. The van der Waals surface area contributed by atoms with E-state index in [2.05, 4.69) is 20.2 Å². The van der Waals surface area contributed by atoms with Crippen molar-refractivity contribution in [2.24, 2.45) is 0 Å². The number of anilines is 2. The second-order valence-electron chi connectivity index (χ2n) is 7.39. The molecule has 2 aromatic heterocycles. The molecule has 0 atom stereocenters. The molecule has 1 N–H and O–H groups in total. The molecule has 6 nitrogen and oxygen atoms in total. The van der Waals surface area contributed by atoms with Crippen molar-refractivity contribution in [3.8, 4) is 0 Å². The van der Waals surface area contributed by atoms with Crippen molar-refractivity contribution in [2.75, 3.05) is 31.5 Å². The molecule has 27 heavy (non-hydrogen) atoms. The number of piperazine rings is 1. The van der Waals surface area contributed by atoms with E-state index in [1.807, 2.05) is 30.0 Å². The molecule has 4 rings (SSSR count). The van der Waals surface area contributed by atoms with Crippen LogP contribution >= 0.6 is 11.3 Å². The topological polar surface area (TPSA) is 61.4 Å². The van der Waals surface area contributed by atoms with Crippen LogP contribution in [0.25, 0.3) is 0 Å². The van der Waals surface area contributed by atoms with E-state index in [-0.39, 0.29) is 5.91 Å². The smallest absolute Gasteiger partial charge is 0.266 e. The lowest BCUT2D eigenvalue weighted by atomic mass is 9.94. The van der Waals surface area contributed by atoms with Crippen LogP contribution in [0.3, 0.4) is 0 Å². The van der Waals surface area contributed by atoms with Crippen molar-refractivity contribution in [3.63, 3.8) is 0 Å². The van der Waals surface area contributed by atoms with Crippen LogP contribution in [0, 0.1) is 6.92 Å². The summed E-state index contributed by atoms with van der Waals surface area (Å²) in [7, 11) is 0. The standard InChI is InChI=1S/C20H27N5OS/c1-15-18(27-20(22-15)23-17-9-5-6-10-21-17)19(26)25-13-11-24(12-14-25)16-7-3-2-4-8-16/h5-6,9-10,16H,2-4,7-8,11-14H2,1H3,(H,21,22,23). The van der Waals surface area contributed by atoms with E-state index in [1.54, 1.807) is 6.20 Å². The highest BCUT2D eigenvalue weighted by Crippen LogP contribution is 2.28. The van der Waals surface area contributed by atoms with Crippen molar-refractivity contribution < 1.29 is 4.79 Å². The van der Waals surface area contributed by atoms with Crippen molar-refractivity contribution in [3.05, 3.63) is 35.0 Å². The van der Waals surface area contributed by atoms with Crippen molar-refractivity contribution in [2.45, 2.75) is 45.1 Å². The summed E-state index contributed by atoms with van der Waals surface area (Å²) in [5.41, 5.74) is 0.790. The van der Waals surface area contributed by atoms with Crippen LogP contribution in [-0.4, -0.2) is 57.9 Å². The Morgan fingerprint density at radius 2 is 1.93 bits per heavy atom. The maximum absolute atomic E-state index is 13.0. The number of aromatic nitrogens is 2. The first-order valence-corrected chi connectivity index (χ1v) is 10.7. The van der Waals surface area contributed by atoms with Crippen molar-refractivity contribution in [1.82, 2.24) is 19.8 Å². The molecule has 0 aromatic carbocycles. The molecule has 7 heteroatoms. The number of hydrogen-bond acceptors (Lipinski definition) is 6. The lowest BCUT2D eigenvalue weighted by Crippen LogP contribution is -2.52. The van der Waals surface area contributed by atoms with Gasteiger partial charge in [-0.25, -0.2) is 9.97 Å². The molecule has 1 aliphatic heterocycles. The average Bonchev–Trinajstić information content (AvgIpc) is 3.09. The Hall–Kier alpha value is -1.99. The van der Waals surface area contributed by atoms with Gasteiger partial charge in [0.1, 0.15) is 10.7 Å². The second-order valence-corrected chi connectivity index (χ2v) is 8.39. The molecule has 1 saturated heterocycles. The molecular weight excluding hydrogens is 358 g/mol. The number of nitrogens with zero attached hydrogens (tertiary/aromatic N) is 4. The number of carbonyl (C=O) groups is 1. The van der Waals surface area contributed by atoms with E-state index < -0.39 is 0 Å². The maximum atomic E-state index is 13.0. The van der Waals surface area contributed by atoms with Gasteiger partial charge in [-0.1, -0.05) is 36.7 Å². The summed E-state index contributed by atoms with van der Waals surface area (Å²) >= 11 is 1.42. The van der Waals surface area contributed by atoms with Crippen LogP contribution < -0.4 is 5.32 Å². The van der Waals surface area contributed by atoms with Crippen LogP contribution in [0.15, 0.2) is 24.4 Å². The summed E-state index contributed by atoms with van der Waals surface area (Å²) in [5.74, 6) is 0.855. The molecule has 2 aliphatic rings. The molecule has 1 amide bonds. The van der Waals surface area contributed by atoms with E-state index in [9.17, 15) is 4.79 Å². The lowest BCUT2D eigenvalue weighted by molar-refractivity contribution is 0.0526. The highest BCUT2D eigenvalue weighted by Gasteiger charge is 2.29. The molecule has 1 saturated carbocycles. The fourth-order valence-corrected chi connectivity index (χ4v) is 5.02. The maximum Gasteiger partial charge on any atom is 0.266 e. The van der Waals surface area contributed by atoms with Crippen LogP contribution in [0.1, 0.15) is 47.5 Å². The van der Waals surface area contributed by atoms with Gasteiger partial charge in [0.2, 0.25) is 0 Å². The number of aryl methyl sites for hydroxylation is 1. The van der Waals surface area contributed by atoms with Crippen LogP contribution in [0.2, 0.25) is 0 Å². The minimum atomic E-state index is 0.113. The summed E-state index contributed by atoms with van der Waals surface area (Å²) in [6.45, 7) is 5.53. The van der Waals surface area contributed by atoms with E-state index in [0.29, 0.717) is 0 Å². The van der Waals surface area contributed by atoms with Gasteiger partial charge < -0.3 is 10.2 Å². The molecule has 2 fully saturated rings. The number of pyridine rings is 1. The van der Waals surface area contributed by atoms with Gasteiger partial charge in [0.15, 0.2) is 5.13 Å². The molecule has 1 aliphatic carbocycles. The third kappa shape index (κ3) is 4.30. The first kappa shape index (κ1) is 18.4. The van der Waals surface area contributed by atoms with E-state index in [1.165, 1.54) is 43.4 Å². The van der Waals surface area contributed by atoms with Crippen LogP contribution in [-0.2, 0) is 0 Å². The fourth-order valence-electron chi connectivity index (χ4n) is 4.07. The average molecular weight is 386 g/mol. The molecule has 0 unspecified atom stereocenters. The van der Waals surface area contributed by atoms with Gasteiger partial charge in [0.25, 0.3) is 5.91 Å². The van der Waals surface area contributed by atoms with Crippen molar-refractivity contribution in [1.29, 1.82) is 0 Å². The summed E-state index contributed by atoms with van der Waals surface area (Å²) in [6.07, 6.45) is 8.48. The minimum Gasteiger partial charge on any atom is -0.335 e. The zero-order chi connectivity index (χ0) is 18.6. The van der Waals surface area contributed by atoms with Gasteiger partial charge in [-0.05, 0) is 31.9 Å². The Labute approximate surface area is 164 Å². The number of thiazole rings is 1. The number of hydrogen-bond donors (Lipinski definition) is 1. The minimum absolute atomic E-state index is 0.113. The van der Waals surface area contributed by atoms with Gasteiger partial charge in [-0.15, -0.1) is 0 Å². The van der Waals surface area contributed by atoms with Gasteiger partial charge in [-0.3, -0.25) is 9.69 Å². The predicted molar refractivity (Wildman–Crippen MR) is 109 cm³/mol. The first-order chi connectivity index (χ1) is 13.2.